The second-order valence-electron chi connectivity index (χ2n) is 5.82. The zero-order chi connectivity index (χ0) is 18.0. The molecular weight excluding hydrogens is 323 g/mol. The van der Waals surface area contributed by atoms with Crippen LogP contribution in [0.25, 0.3) is 5.65 Å². The lowest BCUT2D eigenvalue weighted by molar-refractivity contribution is -0.116. The molecule has 3 rings (SSSR count). The molecule has 0 aliphatic carbocycles. The molecule has 2 amide bonds. The summed E-state index contributed by atoms with van der Waals surface area (Å²) < 4.78 is 14.9. The van der Waals surface area contributed by atoms with Crippen LogP contribution in [0.3, 0.4) is 0 Å². The first-order chi connectivity index (χ1) is 11.9. The quantitative estimate of drug-likeness (QED) is 0.793. The third-order valence-corrected chi connectivity index (χ3v) is 3.67. The standard InChI is InChI=1S/C18H17FN4O2/c1-12-6-7-23-10-15(21-16(23)8-12)18(25)22(2)11-17(24)20-14-5-3-4-13(19)9-14/h3-10H,11H2,1-2H3,(H,20,24). The average molecular weight is 340 g/mol. The lowest BCUT2D eigenvalue weighted by Gasteiger charge is -2.15. The summed E-state index contributed by atoms with van der Waals surface area (Å²) in [6.07, 6.45) is 3.45. The number of rotatable bonds is 4. The molecule has 0 unspecified atom stereocenters. The van der Waals surface area contributed by atoms with Gasteiger partial charge in [0.2, 0.25) is 5.91 Å². The number of amides is 2. The molecule has 0 aliphatic rings. The van der Waals surface area contributed by atoms with Crippen molar-refractivity contribution < 1.29 is 14.0 Å². The Hall–Kier alpha value is -3.22. The van der Waals surface area contributed by atoms with Gasteiger partial charge in [0.15, 0.2) is 0 Å². The smallest absolute Gasteiger partial charge is 0.274 e. The van der Waals surface area contributed by atoms with Crippen LogP contribution in [-0.2, 0) is 4.79 Å². The average Bonchev–Trinajstić information content (AvgIpc) is 2.96. The molecule has 0 saturated carbocycles. The molecule has 0 saturated heterocycles. The molecule has 6 nitrogen and oxygen atoms in total. The monoisotopic (exact) mass is 340 g/mol. The number of hydrogen-bond donors (Lipinski definition) is 1. The lowest BCUT2D eigenvalue weighted by atomic mass is 10.3. The number of aromatic nitrogens is 2. The Morgan fingerprint density at radius 3 is 2.84 bits per heavy atom. The van der Waals surface area contributed by atoms with E-state index in [-0.39, 0.29) is 18.1 Å². The Kier molecular flexibility index (Phi) is 4.47. The zero-order valence-electron chi connectivity index (χ0n) is 13.9. The SMILES string of the molecule is Cc1ccn2cc(C(=O)N(C)CC(=O)Nc3cccc(F)c3)nc2c1. The normalized spacial score (nSPS) is 10.7. The minimum Gasteiger partial charge on any atom is -0.331 e. The number of carbonyl (C=O) groups excluding carboxylic acids is 2. The van der Waals surface area contributed by atoms with Crippen LogP contribution >= 0.6 is 0 Å². The lowest BCUT2D eigenvalue weighted by Crippen LogP contribution is -2.35. The summed E-state index contributed by atoms with van der Waals surface area (Å²) in [6.45, 7) is 1.78. The summed E-state index contributed by atoms with van der Waals surface area (Å²) in [5.74, 6) is -1.22. The van der Waals surface area contributed by atoms with E-state index in [4.69, 9.17) is 0 Å². The van der Waals surface area contributed by atoms with Crippen LogP contribution in [-0.4, -0.2) is 39.7 Å². The molecule has 7 heteroatoms. The number of anilines is 1. The van der Waals surface area contributed by atoms with Gasteiger partial charge in [-0.2, -0.15) is 0 Å². The van der Waals surface area contributed by atoms with Gasteiger partial charge in [-0.3, -0.25) is 9.59 Å². The Labute approximate surface area is 143 Å². The first kappa shape index (κ1) is 16.6. The van der Waals surface area contributed by atoms with Crippen molar-refractivity contribution in [3.63, 3.8) is 0 Å². The number of imidazole rings is 1. The Bertz CT molecular complexity index is 951. The van der Waals surface area contributed by atoms with Crippen molar-refractivity contribution in [2.45, 2.75) is 6.92 Å². The van der Waals surface area contributed by atoms with Crippen LogP contribution in [0.4, 0.5) is 10.1 Å². The first-order valence-electron chi connectivity index (χ1n) is 7.68. The molecule has 0 spiro atoms. The number of nitrogens with zero attached hydrogens (tertiary/aromatic N) is 3. The number of likely N-dealkylation sites (N-methyl/N-ethyl adjacent to an activating group) is 1. The molecule has 0 bridgehead atoms. The van der Waals surface area contributed by atoms with E-state index in [0.717, 1.165) is 5.56 Å². The van der Waals surface area contributed by atoms with Crippen LogP contribution in [0.5, 0.6) is 0 Å². The molecule has 0 atom stereocenters. The van der Waals surface area contributed by atoms with Crippen LogP contribution in [0.1, 0.15) is 16.1 Å². The van der Waals surface area contributed by atoms with Crippen LogP contribution in [0.15, 0.2) is 48.8 Å². The molecule has 1 N–H and O–H groups in total. The number of fused-ring (bicyclic) bond motifs is 1. The second-order valence-corrected chi connectivity index (χ2v) is 5.82. The molecule has 2 heterocycles. The number of halogens is 1. The van der Waals surface area contributed by atoms with E-state index in [1.165, 1.54) is 30.1 Å². The summed E-state index contributed by atoms with van der Waals surface area (Å²) in [6, 6.07) is 9.36. The van der Waals surface area contributed by atoms with Crippen molar-refractivity contribution in [2.24, 2.45) is 0 Å². The maximum Gasteiger partial charge on any atom is 0.274 e. The maximum absolute atomic E-state index is 13.1. The summed E-state index contributed by atoms with van der Waals surface area (Å²) in [4.78, 5) is 30.0. The summed E-state index contributed by atoms with van der Waals surface area (Å²) in [7, 11) is 1.52. The van der Waals surface area contributed by atoms with Gasteiger partial charge in [-0.15, -0.1) is 0 Å². The number of benzene rings is 1. The molecule has 128 valence electrons. The van der Waals surface area contributed by atoms with Crippen molar-refractivity contribution in [1.82, 2.24) is 14.3 Å². The van der Waals surface area contributed by atoms with Gasteiger partial charge in [0.1, 0.15) is 17.2 Å². The molecule has 0 aliphatic heterocycles. The van der Waals surface area contributed by atoms with Gasteiger partial charge < -0.3 is 14.6 Å². The largest absolute Gasteiger partial charge is 0.331 e. The Morgan fingerprint density at radius 2 is 2.08 bits per heavy atom. The fourth-order valence-electron chi connectivity index (χ4n) is 2.44. The summed E-state index contributed by atoms with van der Waals surface area (Å²) >= 11 is 0. The molecule has 1 aromatic carbocycles. The van der Waals surface area contributed by atoms with Crippen LogP contribution < -0.4 is 5.32 Å². The minimum atomic E-state index is -0.442. The fourth-order valence-corrected chi connectivity index (χ4v) is 2.44. The number of hydrogen-bond acceptors (Lipinski definition) is 3. The Morgan fingerprint density at radius 1 is 1.28 bits per heavy atom. The minimum absolute atomic E-state index is 0.164. The number of nitrogens with one attached hydrogen (secondary N) is 1. The topological polar surface area (TPSA) is 66.7 Å². The zero-order valence-corrected chi connectivity index (χ0v) is 13.9. The summed E-state index contributed by atoms with van der Waals surface area (Å²) in [5, 5.41) is 2.56. The number of carbonyl (C=O) groups is 2. The van der Waals surface area contributed by atoms with Gasteiger partial charge in [-0.1, -0.05) is 6.07 Å². The molecule has 0 radical (unpaired) electrons. The Balaban J connectivity index is 1.67. The van der Waals surface area contributed by atoms with Gasteiger partial charge in [0, 0.05) is 25.1 Å². The van der Waals surface area contributed by atoms with E-state index < -0.39 is 11.7 Å². The third kappa shape index (κ3) is 3.82. The van der Waals surface area contributed by atoms with Crippen molar-refractivity contribution in [3.8, 4) is 0 Å². The predicted molar refractivity (Wildman–Crippen MR) is 91.9 cm³/mol. The van der Waals surface area contributed by atoms with E-state index in [1.54, 1.807) is 16.7 Å². The van der Waals surface area contributed by atoms with Crippen LogP contribution in [0, 0.1) is 12.7 Å². The van der Waals surface area contributed by atoms with Gasteiger partial charge in [0.05, 0.1) is 6.54 Å². The van der Waals surface area contributed by atoms with Crippen molar-refractivity contribution in [1.29, 1.82) is 0 Å². The van der Waals surface area contributed by atoms with E-state index >= 15 is 0 Å². The van der Waals surface area contributed by atoms with Crippen molar-refractivity contribution in [2.75, 3.05) is 18.9 Å². The molecular formula is C18H17FN4O2. The first-order valence-corrected chi connectivity index (χ1v) is 7.68. The van der Waals surface area contributed by atoms with Gasteiger partial charge in [-0.25, -0.2) is 9.37 Å². The summed E-state index contributed by atoms with van der Waals surface area (Å²) in [5.41, 5.74) is 2.31. The van der Waals surface area contributed by atoms with Crippen LogP contribution in [0.2, 0.25) is 0 Å². The van der Waals surface area contributed by atoms with Gasteiger partial charge in [0.25, 0.3) is 5.91 Å². The van der Waals surface area contributed by atoms with E-state index in [2.05, 4.69) is 10.3 Å². The third-order valence-electron chi connectivity index (χ3n) is 3.67. The van der Waals surface area contributed by atoms with E-state index in [1.807, 2.05) is 25.3 Å². The van der Waals surface area contributed by atoms with Gasteiger partial charge in [-0.05, 0) is 42.8 Å². The second kappa shape index (κ2) is 6.72. The number of pyridine rings is 1. The molecule has 25 heavy (non-hydrogen) atoms. The van der Waals surface area contributed by atoms with Crippen molar-refractivity contribution in [3.05, 3.63) is 65.9 Å². The van der Waals surface area contributed by atoms with Gasteiger partial charge >= 0.3 is 0 Å². The fraction of sp³-hybridized carbons (Fsp3) is 0.167. The molecule has 3 aromatic rings. The number of aryl methyl sites for hydroxylation is 1. The highest BCUT2D eigenvalue weighted by molar-refractivity contribution is 5.98. The highest BCUT2D eigenvalue weighted by atomic mass is 19.1. The van der Waals surface area contributed by atoms with E-state index in [9.17, 15) is 14.0 Å². The predicted octanol–water partition coefficient (Wildman–Crippen LogP) is 2.49. The molecule has 2 aromatic heterocycles. The van der Waals surface area contributed by atoms with Crippen molar-refractivity contribution >= 4 is 23.1 Å². The highest BCUT2D eigenvalue weighted by Gasteiger charge is 2.18. The van der Waals surface area contributed by atoms with E-state index in [0.29, 0.717) is 11.3 Å². The highest BCUT2D eigenvalue weighted by Crippen LogP contribution is 2.11. The maximum atomic E-state index is 13.1. The molecule has 0 fully saturated rings.